The molecule has 18 N–H and O–H groups in total. The van der Waals surface area contributed by atoms with Crippen LogP contribution < -0.4 is 0 Å². The molecular formula is C72H112O37. The third kappa shape index (κ3) is 15.0. The number of ether oxygens (including phenoxy) is 15. The van der Waals surface area contributed by atoms with Crippen LogP contribution in [0.15, 0.2) is 11.6 Å². The fourth-order valence-electron chi connectivity index (χ4n) is 20.5. The first kappa shape index (κ1) is 85.0. The van der Waals surface area contributed by atoms with E-state index in [4.69, 9.17) is 71.1 Å². The van der Waals surface area contributed by atoms with Crippen molar-refractivity contribution in [2.24, 2.45) is 50.2 Å². The van der Waals surface area contributed by atoms with Gasteiger partial charge in [0.25, 0.3) is 0 Å². The van der Waals surface area contributed by atoms with Gasteiger partial charge in [-0.1, -0.05) is 53.2 Å². The molecular weight excluding hydrogens is 1460 g/mol. The molecule has 0 bridgehead atoms. The molecule has 42 atom stereocenters. The van der Waals surface area contributed by atoms with Crippen molar-refractivity contribution in [1.29, 1.82) is 0 Å². The summed E-state index contributed by atoms with van der Waals surface area (Å²) in [5.41, 5.74) is -3.60. The molecule has 0 aromatic heterocycles. The van der Waals surface area contributed by atoms with Gasteiger partial charge in [0.2, 0.25) is 6.29 Å². The van der Waals surface area contributed by atoms with Crippen molar-refractivity contribution in [2.75, 3.05) is 26.4 Å². The Bertz CT molecular complexity index is 3220. The van der Waals surface area contributed by atoms with Crippen LogP contribution in [0.1, 0.15) is 127 Å². The van der Waals surface area contributed by atoms with E-state index in [1.165, 1.54) is 13.8 Å². The summed E-state index contributed by atoms with van der Waals surface area (Å²) in [7, 11) is 0. The summed E-state index contributed by atoms with van der Waals surface area (Å²) in [5.74, 6) is -4.22. The second kappa shape index (κ2) is 32.3. The van der Waals surface area contributed by atoms with Crippen LogP contribution in [0.3, 0.4) is 0 Å². The molecule has 7 aliphatic heterocycles. The Hall–Kier alpha value is -3.38. The highest BCUT2D eigenvalue weighted by Crippen LogP contribution is 2.76. The predicted octanol–water partition coefficient (Wildman–Crippen LogP) is -5.39. The molecule has 622 valence electrons. The molecule has 37 heteroatoms. The Morgan fingerprint density at radius 2 is 1.02 bits per heavy atom. The van der Waals surface area contributed by atoms with Gasteiger partial charge in [0.15, 0.2) is 56.1 Å². The molecule has 0 amide bonds. The number of aliphatic hydroxyl groups excluding tert-OH is 17. The van der Waals surface area contributed by atoms with E-state index in [0.717, 1.165) is 18.8 Å². The van der Waals surface area contributed by atoms with E-state index in [9.17, 15) is 106 Å². The van der Waals surface area contributed by atoms with Gasteiger partial charge < -0.3 is 168 Å². The number of aliphatic hydroxyl groups is 17. The lowest BCUT2D eigenvalue weighted by Crippen LogP contribution is -2.68. The van der Waals surface area contributed by atoms with Crippen molar-refractivity contribution in [3.63, 3.8) is 0 Å². The smallest absolute Gasteiger partial charge is 0.335 e. The number of hydrogen-bond acceptors (Lipinski definition) is 36. The molecule has 0 spiro atoms. The Morgan fingerprint density at radius 3 is 1.62 bits per heavy atom. The molecule has 12 aliphatic rings. The molecule has 0 aromatic rings. The first-order valence-corrected chi connectivity index (χ1v) is 37.8. The minimum Gasteiger partial charge on any atom is -0.479 e. The summed E-state index contributed by atoms with van der Waals surface area (Å²) < 4.78 is 89.9. The number of fused-ring (bicyclic) bond motifs is 7. The maximum absolute atomic E-state index is 15.9. The number of carbonyl (C=O) groups is 4. The summed E-state index contributed by atoms with van der Waals surface area (Å²) in [6.07, 6.45) is -53.0. The largest absolute Gasteiger partial charge is 0.479 e. The van der Waals surface area contributed by atoms with Gasteiger partial charge in [-0.25, -0.2) is 4.79 Å². The number of carboxylic acid groups (broad SMARTS) is 1. The van der Waals surface area contributed by atoms with Crippen molar-refractivity contribution < 1.29 is 182 Å². The first-order valence-electron chi connectivity index (χ1n) is 37.8. The number of carbonyl (C=O) groups excluding carboxylic acids is 3. The lowest BCUT2D eigenvalue weighted by atomic mass is 9.33. The average molecular weight is 1570 g/mol. The number of rotatable bonds is 19. The summed E-state index contributed by atoms with van der Waals surface area (Å²) >= 11 is 0. The lowest BCUT2D eigenvalue weighted by Gasteiger charge is -2.71. The van der Waals surface area contributed by atoms with Crippen LogP contribution >= 0.6 is 0 Å². The number of aliphatic carboxylic acids is 1. The minimum absolute atomic E-state index is 0.125. The van der Waals surface area contributed by atoms with Gasteiger partial charge in [0.05, 0.1) is 55.6 Å². The molecule has 12 rings (SSSR count). The second-order valence-corrected chi connectivity index (χ2v) is 34.1. The number of hydrogen-bond donors (Lipinski definition) is 18. The Labute approximate surface area is 628 Å². The molecule has 11 fully saturated rings. The van der Waals surface area contributed by atoms with E-state index in [0.29, 0.717) is 57.8 Å². The van der Waals surface area contributed by atoms with Gasteiger partial charge in [-0.2, -0.15) is 0 Å². The molecule has 4 saturated carbocycles. The summed E-state index contributed by atoms with van der Waals surface area (Å²) in [4.78, 5) is 55.7. The van der Waals surface area contributed by atoms with Gasteiger partial charge in [-0.05, 0) is 117 Å². The normalized spacial score (nSPS) is 53.4. The van der Waals surface area contributed by atoms with Crippen molar-refractivity contribution in [3.8, 4) is 0 Å². The topological polar surface area (TPSA) is 571 Å². The van der Waals surface area contributed by atoms with Crippen molar-refractivity contribution in [2.45, 2.75) is 335 Å². The van der Waals surface area contributed by atoms with E-state index < -0.39 is 292 Å². The number of esters is 2. The highest BCUT2D eigenvalue weighted by molar-refractivity contribution is 5.79. The van der Waals surface area contributed by atoms with E-state index in [-0.39, 0.29) is 17.8 Å². The summed E-state index contributed by atoms with van der Waals surface area (Å²) in [6.45, 7) is 13.8. The third-order valence-electron chi connectivity index (χ3n) is 27.1. The fourth-order valence-corrected chi connectivity index (χ4v) is 20.5. The molecule has 0 radical (unpaired) electrons. The SMILES string of the molecule is CC(=O)OC1C(C)OC(OC(=O)C23CCC(C)(C)CC2C2=CCC4C5(C)CCC(OC6OC(C(=O)O)C(O)C(OC7OCC(O)C(O)C7O)C6OC6OC(CO)C(O)C(O)C6O)C(C)(C=O)C5CCC4(C)C2(C)CC3)C(OC2OC(C)C(OC3OCC(O)C(OC4OC(CO)C(O)C(O)C4O)C3O)C(O)C2O)C1O. The number of allylic oxidation sites excluding steroid dienone is 2. The van der Waals surface area contributed by atoms with E-state index in [1.54, 1.807) is 6.92 Å². The van der Waals surface area contributed by atoms with E-state index in [1.807, 2.05) is 0 Å². The molecule has 0 aromatic carbocycles. The molecule has 109 heavy (non-hydrogen) atoms. The molecule has 5 aliphatic carbocycles. The van der Waals surface area contributed by atoms with E-state index in [2.05, 4.69) is 40.7 Å². The Kier molecular flexibility index (Phi) is 25.2. The maximum Gasteiger partial charge on any atom is 0.335 e. The Balaban J connectivity index is 0.778. The number of carboxylic acids is 1. The molecule has 7 saturated heterocycles. The highest BCUT2D eigenvalue weighted by atomic mass is 16.8. The summed E-state index contributed by atoms with van der Waals surface area (Å²) in [5, 5.41) is 196. The molecule has 37 nitrogen and oxygen atoms in total. The van der Waals surface area contributed by atoms with Crippen LogP contribution in [-0.2, 0) is 90.2 Å². The molecule has 7 heterocycles. The van der Waals surface area contributed by atoms with Crippen molar-refractivity contribution in [1.82, 2.24) is 0 Å². The quantitative estimate of drug-likeness (QED) is 0.0248. The van der Waals surface area contributed by atoms with Gasteiger partial charge in [-0.3, -0.25) is 9.59 Å². The zero-order valence-corrected chi connectivity index (χ0v) is 62.2. The monoisotopic (exact) mass is 1570 g/mol. The van der Waals surface area contributed by atoms with Gasteiger partial charge in [0, 0.05) is 6.92 Å². The highest BCUT2D eigenvalue weighted by Gasteiger charge is 2.72. The van der Waals surface area contributed by atoms with Crippen LogP contribution in [0.25, 0.3) is 0 Å². The van der Waals surface area contributed by atoms with E-state index >= 15 is 4.79 Å². The van der Waals surface area contributed by atoms with Crippen molar-refractivity contribution >= 4 is 24.2 Å². The fraction of sp³-hybridized carbons (Fsp3) is 0.917. The van der Waals surface area contributed by atoms with Crippen LogP contribution in [0.4, 0.5) is 0 Å². The van der Waals surface area contributed by atoms with Crippen LogP contribution in [0, 0.1) is 50.2 Å². The third-order valence-corrected chi connectivity index (χ3v) is 27.1. The molecule has 42 unspecified atom stereocenters. The van der Waals surface area contributed by atoms with Crippen molar-refractivity contribution in [3.05, 3.63) is 11.6 Å². The Morgan fingerprint density at radius 1 is 0.486 bits per heavy atom. The zero-order valence-electron chi connectivity index (χ0n) is 62.2. The lowest BCUT2D eigenvalue weighted by molar-refractivity contribution is -0.391. The van der Waals surface area contributed by atoms with Crippen LogP contribution in [0.2, 0.25) is 0 Å². The van der Waals surface area contributed by atoms with Gasteiger partial charge >= 0.3 is 17.9 Å². The van der Waals surface area contributed by atoms with Crippen LogP contribution in [-0.4, -0.2) is 351 Å². The first-order chi connectivity index (χ1) is 51.1. The predicted molar refractivity (Wildman–Crippen MR) is 356 cm³/mol. The standard InChI is InChI=1S/C72H112O37/c1-26-51(103-60-50(91)53(32(78)24-96-60)104-62-45(86)41(82)39(80)33(21-73)100-62)43(84)47(88)61(97-26)107-56-48(89)52(99-28(3)76)27(2)98-64(56)109-66(94)72-18-16-67(4,5)20-30(72)29-10-11-36-68(6)14-13-37(69(7,25-75)35(68)12-15-71(36,9)70(29,8)17-19-72)102-65-57(108-63-46(87)42(83)40(81)34(22-74)101-63)54(49(90)55(106-65)58(92)93)105-59-44(85)38(79)31(77)23-95-59/h10,25-27,30-57,59-65,73-74,77-91H,11-24H2,1-9H3,(H,92,93). The minimum atomic E-state index is -2.21. The maximum atomic E-state index is 15.9. The average Bonchev–Trinajstić information content (AvgIpc) is 0.673. The second-order valence-electron chi connectivity index (χ2n) is 34.1. The van der Waals surface area contributed by atoms with Gasteiger partial charge in [0.1, 0.15) is 134 Å². The van der Waals surface area contributed by atoms with Crippen LogP contribution in [0.5, 0.6) is 0 Å². The van der Waals surface area contributed by atoms with Gasteiger partial charge in [-0.15, -0.1) is 0 Å². The zero-order chi connectivity index (χ0) is 79.6. The number of aldehydes is 1. The summed E-state index contributed by atoms with van der Waals surface area (Å²) in [6, 6.07) is 0.